The molecule has 0 bridgehead atoms. The van der Waals surface area contributed by atoms with Gasteiger partial charge in [0.25, 0.3) is 5.91 Å². The van der Waals surface area contributed by atoms with E-state index < -0.39 is 11.7 Å². The van der Waals surface area contributed by atoms with Crippen LogP contribution in [0.5, 0.6) is 5.75 Å². The highest BCUT2D eigenvalue weighted by molar-refractivity contribution is 5.95. The molecule has 1 N–H and O–H groups in total. The first-order chi connectivity index (χ1) is 14.3. The Bertz CT molecular complexity index is 1010. The third-order valence-corrected chi connectivity index (χ3v) is 4.41. The molecule has 0 unspecified atom stereocenters. The van der Waals surface area contributed by atoms with Crippen LogP contribution in [-0.4, -0.2) is 33.8 Å². The molecule has 3 rings (SSSR count). The smallest absolute Gasteiger partial charge is 0.417 e. The molecular weight excluding hydrogens is 397 g/mol. The molecular formula is C21H21F3N4O2. The molecule has 0 aliphatic carbocycles. The number of benzene rings is 1. The van der Waals surface area contributed by atoms with Gasteiger partial charge in [-0.25, -0.2) is 9.67 Å². The number of pyridine rings is 1. The van der Waals surface area contributed by atoms with E-state index in [0.29, 0.717) is 30.8 Å². The highest BCUT2D eigenvalue weighted by Gasteiger charge is 2.30. The first-order valence-corrected chi connectivity index (χ1v) is 9.31. The highest BCUT2D eigenvalue weighted by atomic mass is 19.4. The number of carbonyl (C=O) groups excluding carboxylic acids is 1. The minimum Gasteiger partial charge on any atom is -0.494 e. The van der Waals surface area contributed by atoms with Crippen molar-refractivity contribution in [2.75, 3.05) is 13.2 Å². The van der Waals surface area contributed by atoms with E-state index in [1.807, 2.05) is 31.2 Å². The molecule has 6 nitrogen and oxygen atoms in total. The number of hydrogen-bond acceptors (Lipinski definition) is 4. The zero-order valence-corrected chi connectivity index (χ0v) is 16.5. The SMILES string of the molecule is Cc1cccc(OCCCNC(=O)c2cnn(-c3ccc(C(F)(F)F)cn3)c2C)c1. The standard InChI is InChI=1S/C21H21F3N4O2/c1-14-5-3-6-17(11-14)30-10-4-9-25-20(29)18-13-27-28(15(18)2)19-8-7-16(12-26-19)21(22,23)24/h3,5-8,11-13H,4,9-10H2,1-2H3,(H,25,29). The van der Waals surface area contributed by atoms with Crippen LogP contribution in [0.1, 0.15) is 33.6 Å². The van der Waals surface area contributed by atoms with Gasteiger partial charge in [0.1, 0.15) is 5.75 Å². The summed E-state index contributed by atoms with van der Waals surface area (Å²) >= 11 is 0. The van der Waals surface area contributed by atoms with Gasteiger partial charge in [0.15, 0.2) is 5.82 Å². The fourth-order valence-corrected chi connectivity index (χ4v) is 2.81. The van der Waals surface area contributed by atoms with Crippen LogP contribution in [0.4, 0.5) is 13.2 Å². The molecule has 0 saturated carbocycles. The van der Waals surface area contributed by atoms with Gasteiger partial charge >= 0.3 is 6.18 Å². The van der Waals surface area contributed by atoms with E-state index in [1.165, 1.54) is 16.9 Å². The average Bonchev–Trinajstić information content (AvgIpc) is 3.08. The molecule has 30 heavy (non-hydrogen) atoms. The summed E-state index contributed by atoms with van der Waals surface area (Å²) in [7, 11) is 0. The quantitative estimate of drug-likeness (QED) is 0.587. The normalized spacial score (nSPS) is 11.4. The lowest BCUT2D eigenvalue weighted by Gasteiger charge is -2.09. The number of aromatic nitrogens is 3. The summed E-state index contributed by atoms with van der Waals surface area (Å²) in [6, 6.07) is 9.85. The van der Waals surface area contributed by atoms with Crippen LogP contribution >= 0.6 is 0 Å². The van der Waals surface area contributed by atoms with E-state index in [0.717, 1.165) is 23.6 Å². The number of aryl methyl sites for hydroxylation is 1. The van der Waals surface area contributed by atoms with Gasteiger partial charge in [-0.1, -0.05) is 12.1 Å². The Balaban J connectivity index is 1.54. The predicted molar refractivity (Wildman–Crippen MR) is 105 cm³/mol. The van der Waals surface area contributed by atoms with Crippen molar-refractivity contribution >= 4 is 5.91 Å². The second-order valence-electron chi connectivity index (χ2n) is 6.73. The maximum Gasteiger partial charge on any atom is 0.417 e. The van der Waals surface area contributed by atoms with Crippen molar-refractivity contribution in [1.29, 1.82) is 0 Å². The summed E-state index contributed by atoms with van der Waals surface area (Å²) in [6.07, 6.45) is -1.73. The van der Waals surface area contributed by atoms with Crippen LogP contribution in [0.25, 0.3) is 5.82 Å². The Labute approximate surface area is 171 Å². The number of nitrogens with one attached hydrogen (secondary N) is 1. The Morgan fingerprint density at radius 1 is 1.17 bits per heavy atom. The molecule has 0 aliphatic heterocycles. The molecule has 2 heterocycles. The summed E-state index contributed by atoms with van der Waals surface area (Å²) in [5, 5.41) is 6.87. The minimum absolute atomic E-state index is 0.200. The van der Waals surface area contributed by atoms with Crippen molar-refractivity contribution in [1.82, 2.24) is 20.1 Å². The van der Waals surface area contributed by atoms with Crippen molar-refractivity contribution in [2.24, 2.45) is 0 Å². The number of amides is 1. The molecule has 0 fully saturated rings. The Morgan fingerprint density at radius 3 is 2.63 bits per heavy atom. The first kappa shape index (κ1) is 21.4. The lowest BCUT2D eigenvalue weighted by molar-refractivity contribution is -0.137. The Morgan fingerprint density at radius 2 is 1.97 bits per heavy atom. The molecule has 3 aromatic rings. The zero-order chi connectivity index (χ0) is 21.7. The predicted octanol–water partition coefficient (Wildman–Crippen LogP) is 4.10. The van der Waals surface area contributed by atoms with Crippen LogP contribution in [-0.2, 0) is 6.18 Å². The third kappa shape index (κ3) is 5.16. The Hall–Kier alpha value is -3.36. The van der Waals surface area contributed by atoms with Crippen LogP contribution in [0, 0.1) is 13.8 Å². The summed E-state index contributed by atoms with van der Waals surface area (Å²) in [5.41, 5.74) is 1.07. The third-order valence-electron chi connectivity index (χ3n) is 4.41. The molecule has 0 atom stereocenters. The van der Waals surface area contributed by atoms with Crippen LogP contribution in [0.2, 0.25) is 0 Å². The summed E-state index contributed by atoms with van der Waals surface area (Å²) in [6.45, 7) is 4.50. The summed E-state index contributed by atoms with van der Waals surface area (Å²) in [4.78, 5) is 16.2. The maximum atomic E-state index is 12.7. The van der Waals surface area contributed by atoms with Gasteiger partial charge < -0.3 is 10.1 Å². The molecule has 9 heteroatoms. The number of rotatable bonds is 7. The van der Waals surface area contributed by atoms with Crippen LogP contribution in [0.15, 0.2) is 48.8 Å². The maximum absolute atomic E-state index is 12.7. The monoisotopic (exact) mass is 418 g/mol. The molecule has 2 aromatic heterocycles. The van der Waals surface area contributed by atoms with Gasteiger partial charge in [-0.05, 0) is 50.1 Å². The second kappa shape index (κ2) is 8.98. The summed E-state index contributed by atoms with van der Waals surface area (Å²) < 4.78 is 45.0. The van der Waals surface area contributed by atoms with Gasteiger partial charge in [0.2, 0.25) is 0 Å². The van der Waals surface area contributed by atoms with E-state index in [4.69, 9.17) is 4.74 Å². The van der Waals surface area contributed by atoms with Crippen molar-refractivity contribution in [3.8, 4) is 11.6 Å². The van der Waals surface area contributed by atoms with Crippen molar-refractivity contribution in [3.63, 3.8) is 0 Å². The second-order valence-corrected chi connectivity index (χ2v) is 6.73. The topological polar surface area (TPSA) is 69.0 Å². The molecule has 1 amide bonds. The lowest BCUT2D eigenvalue weighted by atomic mass is 10.2. The molecule has 0 radical (unpaired) electrons. The van der Waals surface area contributed by atoms with E-state index >= 15 is 0 Å². The number of nitrogens with zero attached hydrogens (tertiary/aromatic N) is 3. The summed E-state index contributed by atoms with van der Waals surface area (Å²) in [5.74, 6) is 0.662. The molecule has 158 valence electrons. The van der Waals surface area contributed by atoms with Gasteiger partial charge in [-0.15, -0.1) is 0 Å². The largest absolute Gasteiger partial charge is 0.494 e. The highest BCUT2D eigenvalue weighted by Crippen LogP contribution is 2.28. The van der Waals surface area contributed by atoms with Crippen molar-refractivity contribution in [3.05, 3.63) is 71.2 Å². The minimum atomic E-state index is -4.46. The number of ether oxygens (including phenoxy) is 1. The number of hydrogen-bond donors (Lipinski definition) is 1. The zero-order valence-electron chi connectivity index (χ0n) is 16.5. The van der Waals surface area contributed by atoms with E-state index in [9.17, 15) is 18.0 Å². The number of halogens is 3. The van der Waals surface area contributed by atoms with Crippen molar-refractivity contribution < 1.29 is 22.7 Å². The molecule has 0 aliphatic rings. The fraction of sp³-hybridized carbons (Fsp3) is 0.286. The van der Waals surface area contributed by atoms with E-state index in [-0.39, 0.29) is 11.7 Å². The van der Waals surface area contributed by atoms with E-state index in [1.54, 1.807) is 6.92 Å². The van der Waals surface area contributed by atoms with Crippen molar-refractivity contribution in [2.45, 2.75) is 26.4 Å². The van der Waals surface area contributed by atoms with Gasteiger partial charge in [0, 0.05) is 12.7 Å². The number of alkyl halides is 3. The Kier molecular flexibility index (Phi) is 6.39. The van der Waals surface area contributed by atoms with Gasteiger partial charge in [0.05, 0.1) is 29.6 Å². The molecule has 0 spiro atoms. The average molecular weight is 418 g/mol. The van der Waals surface area contributed by atoms with E-state index in [2.05, 4.69) is 15.4 Å². The lowest BCUT2D eigenvalue weighted by Crippen LogP contribution is -2.26. The van der Waals surface area contributed by atoms with Crippen LogP contribution in [0.3, 0.4) is 0 Å². The fourth-order valence-electron chi connectivity index (χ4n) is 2.81. The first-order valence-electron chi connectivity index (χ1n) is 9.31. The number of carbonyl (C=O) groups is 1. The molecule has 1 aromatic carbocycles. The molecule has 0 saturated heterocycles. The van der Waals surface area contributed by atoms with Gasteiger partial charge in [-0.2, -0.15) is 18.3 Å². The van der Waals surface area contributed by atoms with Gasteiger partial charge in [-0.3, -0.25) is 4.79 Å². The van der Waals surface area contributed by atoms with Crippen LogP contribution < -0.4 is 10.1 Å².